The van der Waals surface area contributed by atoms with Crippen molar-refractivity contribution in [3.8, 4) is 11.5 Å². The molecule has 27 heavy (non-hydrogen) atoms. The largest absolute Gasteiger partial charge is 0.504 e. The maximum Gasteiger partial charge on any atom is 0.194 e. The van der Waals surface area contributed by atoms with Crippen LogP contribution >= 0.6 is 11.3 Å². The lowest BCUT2D eigenvalue weighted by atomic mass is 10.2. The summed E-state index contributed by atoms with van der Waals surface area (Å²) in [4.78, 5) is 11.0. The summed E-state index contributed by atoms with van der Waals surface area (Å²) in [7, 11) is 1.55. The van der Waals surface area contributed by atoms with Crippen LogP contribution in [0.3, 0.4) is 0 Å². The third kappa shape index (κ3) is 5.37. The zero-order valence-corrected chi connectivity index (χ0v) is 16.8. The zero-order chi connectivity index (χ0) is 19.1. The van der Waals surface area contributed by atoms with E-state index >= 15 is 0 Å². The third-order valence-corrected chi connectivity index (χ3v) is 5.48. The van der Waals surface area contributed by atoms with Crippen LogP contribution in [0.4, 0.5) is 0 Å². The number of phenols is 1. The van der Waals surface area contributed by atoms with Gasteiger partial charge in [0.15, 0.2) is 17.5 Å². The highest BCUT2D eigenvalue weighted by Crippen LogP contribution is 2.26. The van der Waals surface area contributed by atoms with Crippen molar-refractivity contribution in [1.82, 2.24) is 15.1 Å². The van der Waals surface area contributed by atoms with Crippen molar-refractivity contribution in [2.24, 2.45) is 4.99 Å². The Morgan fingerprint density at radius 1 is 1.26 bits per heavy atom. The molecule has 0 spiro atoms. The van der Waals surface area contributed by atoms with Crippen LogP contribution in [-0.4, -0.2) is 60.7 Å². The van der Waals surface area contributed by atoms with Gasteiger partial charge in [0.25, 0.3) is 0 Å². The number of methoxy groups -OCH3 is 1. The fraction of sp³-hybridized carbons (Fsp3) is 0.450. The number of rotatable bonds is 6. The second kappa shape index (κ2) is 9.62. The maximum atomic E-state index is 9.94. The van der Waals surface area contributed by atoms with E-state index in [1.165, 1.54) is 4.88 Å². The Kier molecular flexibility index (Phi) is 6.95. The summed E-state index contributed by atoms with van der Waals surface area (Å²) in [6, 6.07) is 9.74. The first kappa shape index (κ1) is 19.5. The van der Waals surface area contributed by atoms with E-state index in [1.54, 1.807) is 19.2 Å². The van der Waals surface area contributed by atoms with Crippen LogP contribution in [0.15, 0.2) is 40.7 Å². The Hall–Kier alpha value is -2.25. The molecule has 1 saturated heterocycles. The molecular formula is C20H28N4O2S. The van der Waals surface area contributed by atoms with Crippen molar-refractivity contribution >= 4 is 17.3 Å². The maximum absolute atomic E-state index is 9.94. The summed E-state index contributed by atoms with van der Waals surface area (Å²) in [5.74, 6) is 1.57. The number of nitrogens with zero attached hydrogens (tertiary/aromatic N) is 3. The van der Waals surface area contributed by atoms with Gasteiger partial charge in [0.1, 0.15) is 0 Å². The molecule has 0 atom stereocenters. The predicted molar refractivity (Wildman–Crippen MR) is 111 cm³/mol. The van der Waals surface area contributed by atoms with Gasteiger partial charge in [0.05, 0.1) is 13.7 Å². The molecule has 2 N–H and O–H groups in total. The number of phenolic OH excluding ortho intramolecular Hbond substituents is 1. The first-order chi connectivity index (χ1) is 13.2. The third-order valence-electron chi connectivity index (χ3n) is 4.62. The van der Waals surface area contributed by atoms with Gasteiger partial charge in [-0.05, 0) is 36.1 Å². The molecule has 7 heteroatoms. The highest BCUT2D eigenvalue weighted by atomic mass is 32.1. The molecule has 0 saturated carbocycles. The minimum Gasteiger partial charge on any atom is -0.504 e. The Morgan fingerprint density at radius 2 is 2.07 bits per heavy atom. The Bertz CT molecular complexity index is 740. The summed E-state index contributed by atoms with van der Waals surface area (Å²) < 4.78 is 5.10. The molecule has 1 aromatic heterocycles. The van der Waals surface area contributed by atoms with Crippen LogP contribution in [-0.2, 0) is 13.1 Å². The number of hydrogen-bond acceptors (Lipinski definition) is 5. The lowest BCUT2D eigenvalue weighted by molar-refractivity contribution is 0.173. The first-order valence-corrected chi connectivity index (χ1v) is 10.2. The number of ether oxygens (including phenoxy) is 1. The number of hydrogen-bond donors (Lipinski definition) is 2. The first-order valence-electron chi connectivity index (χ1n) is 9.33. The van der Waals surface area contributed by atoms with Gasteiger partial charge in [0.2, 0.25) is 0 Å². The molecule has 1 fully saturated rings. The van der Waals surface area contributed by atoms with Crippen LogP contribution < -0.4 is 10.1 Å². The smallest absolute Gasteiger partial charge is 0.194 e. The molecule has 0 radical (unpaired) electrons. The van der Waals surface area contributed by atoms with Gasteiger partial charge in [-0.25, -0.2) is 4.99 Å². The number of aliphatic imine (C=N–C) groups is 1. The fourth-order valence-electron chi connectivity index (χ4n) is 3.17. The Labute approximate surface area is 165 Å². The molecule has 2 aromatic rings. The van der Waals surface area contributed by atoms with Crippen molar-refractivity contribution < 1.29 is 9.84 Å². The number of piperazine rings is 1. The average molecular weight is 389 g/mol. The highest BCUT2D eigenvalue weighted by Gasteiger charge is 2.19. The molecule has 0 amide bonds. The fourth-order valence-corrected chi connectivity index (χ4v) is 3.91. The standard InChI is InChI=1S/C20H28N4O2S/c1-3-21-20(22-14-16-6-7-19(26-2)18(25)13-16)24-10-8-23(9-11-24)15-17-5-4-12-27-17/h4-7,12-13,25H,3,8-11,14-15H2,1-2H3,(H,21,22). The van der Waals surface area contributed by atoms with Gasteiger partial charge < -0.3 is 20.1 Å². The molecule has 0 bridgehead atoms. The molecule has 146 valence electrons. The van der Waals surface area contributed by atoms with Gasteiger partial charge >= 0.3 is 0 Å². The molecule has 1 aliphatic heterocycles. The van der Waals surface area contributed by atoms with Crippen LogP contribution in [0.25, 0.3) is 0 Å². The van der Waals surface area contributed by atoms with Gasteiger partial charge in [-0.2, -0.15) is 0 Å². The second-order valence-corrected chi connectivity index (χ2v) is 7.55. The van der Waals surface area contributed by atoms with E-state index < -0.39 is 0 Å². The number of aromatic hydroxyl groups is 1. The summed E-state index contributed by atoms with van der Waals surface area (Å²) in [5, 5.41) is 15.5. The predicted octanol–water partition coefficient (Wildman–Crippen LogP) is 2.75. The van der Waals surface area contributed by atoms with E-state index in [0.29, 0.717) is 12.3 Å². The van der Waals surface area contributed by atoms with Gasteiger partial charge in [-0.1, -0.05) is 12.1 Å². The molecule has 6 nitrogen and oxygen atoms in total. The Morgan fingerprint density at radius 3 is 2.70 bits per heavy atom. The second-order valence-electron chi connectivity index (χ2n) is 6.52. The topological polar surface area (TPSA) is 60.3 Å². The van der Waals surface area contributed by atoms with Crippen molar-refractivity contribution in [2.45, 2.75) is 20.0 Å². The molecule has 1 aromatic carbocycles. The number of thiophene rings is 1. The minimum atomic E-state index is 0.150. The van der Waals surface area contributed by atoms with Crippen molar-refractivity contribution in [1.29, 1.82) is 0 Å². The van der Waals surface area contributed by atoms with E-state index in [1.807, 2.05) is 17.4 Å². The molecule has 1 aliphatic rings. The molecule has 0 unspecified atom stereocenters. The zero-order valence-electron chi connectivity index (χ0n) is 16.0. The van der Waals surface area contributed by atoms with E-state index in [4.69, 9.17) is 9.73 Å². The molecular weight excluding hydrogens is 360 g/mol. The summed E-state index contributed by atoms with van der Waals surface area (Å²) >= 11 is 1.82. The molecule has 0 aliphatic carbocycles. The normalized spacial score (nSPS) is 15.8. The monoisotopic (exact) mass is 388 g/mol. The summed E-state index contributed by atoms with van der Waals surface area (Å²) in [5.41, 5.74) is 0.958. The van der Waals surface area contributed by atoms with Crippen LogP contribution in [0.5, 0.6) is 11.5 Å². The summed E-state index contributed by atoms with van der Waals surface area (Å²) in [6.45, 7) is 8.47. The van der Waals surface area contributed by atoms with E-state index in [2.05, 4.69) is 39.6 Å². The minimum absolute atomic E-state index is 0.150. The number of nitrogens with one attached hydrogen (secondary N) is 1. The lowest BCUT2D eigenvalue weighted by Crippen LogP contribution is -2.52. The van der Waals surface area contributed by atoms with Crippen molar-refractivity contribution in [3.63, 3.8) is 0 Å². The van der Waals surface area contributed by atoms with Gasteiger partial charge in [0, 0.05) is 44.1 Å². The van der Waals surface area contributed by atoms with E-state index in [-0.39, 0.29) is 5.75 Å². The van der Waals surface area contributed by atoms with Gasteiger partial charge in [-0.3, -0.25) is 4.90 Å². The summed E-state index contributed by atoms with van der Waals surface area (Å²) in [6.07, 6.45) is 0. The highest BCUT2D eigenvalue weighted by molar-refractivity contribution is 7.09. The SMILES string of the molecule is CCNC(=NCc1ccc(OC)c(O)c1)N1CCN(Cc2cccs2)CC1. The quantitative estimate of drug-likeness (QED) is 0.589. The molecule has 2 heterocycles. The van der Waals surface area contributed by atoms with Crippen molar-refractivity contribution in [3.05, 3.63) is 46.2 Å². The van der Waals surface area contributed by atoms with E-state index in [0.717, 1.165) is 50.8 Å². The van der Waals surface area contributed by atoms with Crippen LogP contribution in [0.2, 0.25) is 0 Å². The van der Waals surface area contributed by atoms with Crippen LogP contribution in [0.1, 0.15) is 17.4 Å². The van der Waals surface area contributed by atoms with Gasteiger partial charge in [-0.15, -0.1) is 11.3 Å². The van der Waals surface area contributed by atoms with Crippen molar-refractivity contribution in [2.75, 3.05) is 39.8 Å². The lowest BCUT2D eigenvalue weighted by Gasteiger charge is -2.36. The van der Waals surface area contributed by atoms with Crippen LogP contribution in [0, 0.1) is 0 Å². The number of guanidine groups is 1. The Balaban J connectivity index is 1.58. The number of benzene rings is 1. The van der Waals surface area contributed by atoms with E-state index in [9.17, 15) is 5.11 Å². The molecule has 3 rings (SSSR count). The average Bonchev–Trinajstić information content (AvgIpc) is 3.19.